The summed E-state index contributed by atoms with van der Waals surface area (Å²) in [4.78, 5) is 0.253. The standard InChI is InChI=1S/C20H21N5O2S/c1-13-10-11-17-15(12-13)19-16(23-24-20(21)22)8-5-9-18(19)25(17)28(26,27)14-6-3-2-4-7-14/h2-4,6-7,10-12H,5,8-9H2,1H3,(H4,21,22,24)/b23-16-. The molecule has 0 saturated heterocycles. The molecule has 7 nitrogen and oxygen atoms in total. The van der Waals surface area contributed by atoms with Crippen molar-refractivity contribution in [2.45, 2.75) is 31.1 Å². The van der Waals surface area contributed by atoms with Gasteiger partial charge in [-0.05, 0) is 50.5 Å². The van der Waals surface area contributed by atoms with Crippen LogP contribution in [0.5, 0.6) is 0 Å². The molecule has 144 valence electrons. The van der Waals surface area contributed by atoms with E-state index in [0.717, 1.165) is 28.6 Å². The summed E-state index contributed by atoms with van der Waals surface area (Å²) in [5, 5.41) is 8.87. The SMILES string of the molecule is Cc1ccc2c(c1)c1c(n2S(=O)(=O)c2ccccc2)CCC/C1=N/N=C(N)N. The number of benzene rings is 2. The summed E-state index contributed by atoms with van der Waals surface area (Å²) in [5.41, 5.74) is 14.8. The summed E-state index contributed by atoms with van der Waals surface area (Å²) in [6.45, 7) is 1.98. The van der Waals surface area contributed by atoms with Crippen molar-refractivity contribution in [1.29, 1.82) is 0 Å². The van der Waals surface area contributed by atoms with Gasteiger partial charge >= 0.3 is 0 Å². The average Bonchev–Trinajstić information content (AvgIpc) is 3.01. The van der Waals surface area contributed by atoms with Gasteiger partial charge < -0.3 is 11.5 Å². The van der Waals surface area contributed by atoms with Gasteiger partial charge in [0, 0.05) is 16.6 Å². The molecule has 0 saturated carbocycles. The van der Waals surface area contributed by atoms with Crippen LogP contribution >= 0.6 is 0 Å². The Morgan fingerprint density at radius 2 is 1.82 bits per heavy atom. The minimum atomic E-state index is -3.75. The van der Waals surface area contributed by atoms with Crippen molar-refractivity contribution >= 4 is 32.6 Å². The second kappa shape index (κ2) is 6.79. The van der Waals surface area contributed by atoms with Crippen molar-refractivity contribution in [3.05, 3.63) is 65.4 Å². The molecule has 0 radical (unpaired) electrons. The zero-order valence-corrected chi connectivity index (χ0v) is 16.3. The van der Waals surface area contributed by atoms with Gasteiger partial charge in [0.2, 0.25) is 5.96 Å². The summed E-state index contributed by atoms with van der Waals surface area (Å²) in [7, 11) is -3.75. The van der Waals surface area contributed by atoms with Crippen LogP contribution in [0, 0.1) is 6.92 Å². The smallest absolute Gasteiger partial charge is 0.268 e. The molecule has 0 amide bonds. The topological polar surface area (TPSA) is 116 Å². The van der Waals surface area contributed by atoms with Crippen molar-refractivity contribution in [3.8, 4) is 0 Å². The zero-order chi connectivity index (χ0) is 19.9. The van der Waals surface area contributed by atoms with Gasteiger partial charge in [0.15, 0.2) is 0 Å². The Bertz CT molecular complexity index is 1220. The Morgan fingerprint density at radius 1 is 1.07 bits per heavy atom. The van der Waals surface area contributed by atoms with Crippen molar-refractivity contribution < 1.29 is 8.42 Å². The van der Waals surface area contributed by atoms with E-state index in [0.29, 0.717) is 24.1 Å². The highest BCUT2D eigenvalue weighted by Crippen LogP contribution is 2.36. The highest BCUT2D eigenvalue weighted by atomic mass is 32.2. The third kappa shape index (κ3) is 2.95. The Kier molecular flexibility index (Phi) is 4.43. The van der Waals surface area contributed by atoms with Gasteiger partial charge in [0.05, 0.1) is 16.1 Å². The van der Waals surface area contributed by atoms with E-state index < -0.39 is 10.0 Å². The van der Waals surface area contributed by atoms with Gasteiger partial charge in [-0.25, -0.2) is 12.4 Å². The number of nitrogens with two attached hydrogens (primary N) is 2. The second-order valence-electron chi connectivity index (χ2n) is 6.85. The van der Waals surface area contributed by atoms with Crippen LogP contribution in [0.4, 0.5) is 0 Å². The third-order valence-electron chi connectivity index (χ3n) is 4.86. The molecule has 4 N–H and O–H groups in total. The highest BCUT2D eigenvalue weighted by molar-refractivity contribution is 7.90. The van der Waals surface area contributed by atoms with E-state index in [1.807, 2.05) is 25.1 Å². The van der Waals surface area contributed by atoms with E-state index in [1.54, 1.807) is 30.3 Å². The van der Waals surface area contributed by atoms with E-state index in [-0.39, 0.29) is 10.9 Å². The quantitative estimate of drug-likeness (QED) is 0.403. The lowest BCUT2D eigenvalue weighted by molar-refractivity contribution is 0.586. The van der Waals surface area contributed by atoms with Crippen LogP contribution in [0.25, 0.3) is 10.9 Å². The van der Waals surface area contributed by atoms with E-state index in [1.165, 1.54) is 3.97 Å². The van der Waals surface area contributed by atoms with Crippen LogP contribution in [-0.4, -0.2) is 24.1 Å². The molecule has 1 aliphatic carbocycles. The lowest BCUT2D eigenvalue weighted by atomic mass is 9.93. The molecule has 1 aliphatic rings. The Morgan fingerprint density at radius 3 is 2.54 bits per heavy atom. The number of hydrogen-bond donors (Lipinski definition) is 2. The highest BCUT2D eigenvalue weighted by Gasteiger charge is 2.30. The number of fused-ring (bicyclic) bond motifs is 3. The third-order valence-corrected chi connectivity index (χ3v) is 6.62. The molecule has 0 fully saturated rings. The monoisotopic (exact) mass is 395 g/mol. The normalized spacial score (nSPS) is 15.5. The Labute approximate surface area is 163 Å². The number of aromatic nitrogens is 1. The molecule has 0 atom stereocenters. The van der Waals surface area contributed by atoms with Gasteiger partial charge in [-0.2, -0.15) is 5.10 Å². The summed E-state index contributed by atoms with van der Waals surface area (Å²) in [5.74, 6) is -0.128. The Hall–Kier alpha value is -3.13. The molecule has 0 bridgehead atoms. The lowest BCUT2D eigenvalue weighted by Crippen LogP contribution is -2.23. The first kappa shape index (κ1) is 18.2. The van der Waals surface area contributed by atoms with Crippen LogP contribution in [0.15, 0.2) is 63.6 Å². The fourth-order valence-corrected chi connectivity index (χ4v) is 5.32. The molecule has 4 rings (SSSR count). The molecule has 28 heavy (non-hydrogen) atoms. The summed E-state index contributed by atoms with van der Waals surface area (Å²) in [6, 6.07) is 14.2. The second-order valence-corrected chi connectivity index (χ2v) is 8.64. The van der Waals surface area contributed by atoms with Gasteiger partial charge in [-0.15, -0.1) is 5.10 Å². The fraction of sp³-hybridized carbons (Fsp3) is 0.200. The molecular weight excluding hydrogens is 374 g/mol. The fourth-order valence-electron chi connectivity index (χ4n) is 3.72. The van der Waals surface area contributed by atoms with Crippen molar-refractivity contribution in [2.24, 2.45) is 21.7 Å². The maximum absolute atomic E-state index is 13.5. The van der Waals surface area contributed by atoms with Gasteiger partial charge in [0.25, 0.3) is 10.0 Å². The first-order valence-electron chi connectivity index (χ1n) is 9.00. The van der Waals surface area contributed by atoms with Crippen molar-refractivity contribution in [3.63, 3.8) is 0 Å². The van der Waals surface area contributed by atoms with E-state index >= 15 is 0 Å². The summed E-state index contributed by atoms with van der Waals surface area (Å²) < 4.78 is 28.4. The molecule has 2 aromatic carbocycles. The van der Waals surface area contributed by atoms with Crippen LogP contribution in [-0.2, 0) is 16.4 Å². The van der Waals surface area contributed by atoms with Gasteiger partial charge in [-0.3, -0.25) is 0 Å². The summed E-state index contributed by atoms with van der Waals surface area (Å²) in [6.07, 6.45) is 2.09. The minimum Gasteiger partial charge on any atom is -0.369 e. The predicted molar refractivity (Wildman–Crippen MR) is 111 cm³/mol. The van der Waals surface area contributed by atoms with Crippen molar-refractivity contribution in [1.82, 2.24) is 3.97 Å². The molecule has 0 unspecified atom stereocenters. The number of guanidine groups is 1. The van der Waals surface area contributed by atoms with E-state index in [9.17, 15) is 8.42 Å². The molecular formula is C20H21N5O2S. The molecule has 3 aromatic rings. The average molecular weight is 395 g/mol. The maximum Gasteiger partial charge on any atom is 0.268 e. The van der Waals surface area contributed by atoms with Crippen LogP contribution < -0.4 is 11.5 Å². The van der Waals surface area contributed by atoms with E-state index in [2.05, 4.69) is 10.2 Å². The van der Waals surface area contributed by atoms with Gasteiger partial charge in [-0.1, -0.05) is 29.8 Å². The molecule has 1 heterocycles. The van der Waals surface area contributed by atoms with Crippen LogP contribution in [0.1, 0.15) is 29.7 Å². The number of rotatable bonds is 3. The summed E-state index contributed by atoms with van der Waals surface area (Å²) >= 11 is 0. The Balaban J connectivity index is 2.08. The van der Waals surface area contributed by atoms with Crippen molar-refractivity contribution in [2.75, 3.05) is 0 Å². The maximum atomic E-state index is 13.5. The number of aryl methyl sites for hydroxylation is 1. The first-order chi connectivity index (χ1) is 13.4. The molecule has 1 aromatic heterocycles. The lowest BCUT2D eigenvalue weighted by Gasteiger charge is -2.17. The zero-order valence-electron chi connectivity index (χ0n) is 15.5. The predicted octanol–water partition coefficient (Wildman–Crippen LogP) is 2.50. The molecule has 0 aliphatic heterocycles. The molecule has 0 spiro atoms. The first-order valence-corrected chi connectivity index (χ1v) is 10.4. The number of hydrogen-bond acceptors (Lipinski definition) is 4. The molecule has 8 heteroatoms. The number of nitrogens with zero attached hydrogens (tertiary/aromatic N) is 3. The van der Waals surface area contributed by atoms with E-state index in [4.69, 9.17) is 11.5 Å². The minimum absolute atomic E-state index is 0.128. The van der Waals surface area contributed by atoms with Crippen LogP contribution in [0.3, 0.4) is 0 Å². The van der Waals surface area contributed by atoms with Crippen LogP contribution in [0.2, 0.25) is 0 Å². The van der Waals surface area contributed by atoms with Gasteiger partial charge in [0.1, 0.15) is 0 Å². The largest absolute Gasteiger partial charge is 0.369 e.